The number of carbonyl (C=O) groups is 2. The average Bonchev–Trinajstić information content (AvgIpc) is 3.94. The summed E-state index contributed by atoms with van der Waals surface area (Å²) in [5.74, 6) is 3.06. The molecule has 5 heterocycles. The number of alkyl carbamates (subject to hydrolysis) is 1. The molecule has 0 aliphatic carbocycles. The molecule has 8 rings (SSSR count). The first-order chi connectivity index (χ1) is 24.2. The number of aromatic amines is 2. The van der Waals surface area contributed by atoms with E-state index in [0.717, 1.165) is 87.4 Å². The molecule has 0 unspecified atom stereocenters. The average molecular weight is 676 g/mol. The number of nitrogens with one attached hydrogen (secondary N) is 4. The third kappa shape index (κ3) is 5.57. The van der Waals surface area contributed by atoms with E-state index < -0.39 is 12.1 Å². The number of aromatic nitrogens is 4. The predicted molar refractivity (Wildman–Crippen MR) is 193 cm³/mol. The Balaban J connectivity index is 1.08. The van der Waals surface area contributed by atoms with Crippen molar-refractivity contribution in [1.29, 1.82) is 0 Å². The van der Waals surface area contributed by atoms with E-state index in [1.165, 1.54) is 19.1 Å². The third-order valence-electron chi connectivity index (χ3n) is 11.0. The number of H-pyrrole nitrogens is 2. The highest BCUT2D eigenvalue weighted by Gasteiger charge is 2.41. The molecule has 2 aromatic heterocycles. The number of likely N-dealkylation sites (tertiary alicyclic amines) is 1. The van der Waals surface area contributed by atoms with Crippen molar-refractivity contribution in [3.05, 3.63) is 65.9 Å². The summed E-state index contributed by atoms with van der Waals surface area (Å²) in [6.45, 7) is 9.67. The number of hydrogen-bond acceptors (Lipinski definition) is 7. The van der Waals surface area contributed by atoms with Gasteiger partial charge in [0.15, 0.2) is 0 Å². The van der Waals surface area contributed by atoms with Gasteiger partial charge in [0.25, 0.3) is 0 Å². The highest BCUT2D eigenvalue weighted by atomic mass is 16.5. The van der Waals surface area contributed by atoms with E-state index in [-0.39, 0.29) is 30.0 Å². The maximum atomic E-state index is 13.9. The third-order valence-corrected chi connectivity index (χ3v) is 11.0. The topological polar surface area (TPSA) is 137 Å². The van der Waals surface area contributed by atoms with E-state index in [0.29, 0.717) is 12.5 Å². The number of ether oxygens (including phenoxy) is 2. The number of fused-ring (bicyclic) bond motifs is 6. The lowest BCUT2D eigenvalue weighted by molar-refractivity contribution is -0.137. The van der Waals surface area contributed by atoms with E-state index in [1.807, 2.05) is 31.0 Å². The fourth-order valence-electron chi connectivity index (χ4n) is 8.11. The predicted octanol–water partition coefficient (Wildman–Crippen LogP) is 7.16. The van der Waals surface area contributed by atoms with Crippen LogP contribution in [0.4, 0.5) is 4.79 Å². The monoisotopic (exact) mass is 675 g/mol. The van der Waals surface area contributed by atoms with E-state index >= 15 is 0 Å². The fourth-order valence-corrected chi connectivity index (χ4v) is 8.11. The first-order valence-electron chi connectivity index (χ1n) is 17.9. The molecule has 5 aromatic rings. The minimum absolute atomic E-state index is 0.00679. The summed E-state index contributed by atoms with van der Waals surface area (Å²) in [6.07, 6.45) is 5.25. The van der Waals surface area contributed by atoms with Gasteiger partial charge in [0.2, 0.25) is 5.91 Å². The minimum Gasteiger partial charge on any atom is -0.488 e. The lowest BCUT2D eigenvalue weighted by Gasteiger charge is -2.32. The normalized spacial score (nSPS) is 22.1. The molecule has 0 radical (unpaired) electrons. The van der Waals surface area contributed by atoms with Gasteiger partial charge in [0.05, 0.1) is 42.1 Å². The second-order valence-electron chi connectivity index (χ2n) is 14.5. The Morgan fingerprint density at radius 2 is 1.94 bits per heavy atom. The molecule has 0 spiro atoms. The number of imidazole rings is 2. The number of carbonyl (C=O) groups excluding carboxylic acids is 2. The summed E-state index contributed by atoms with van der Waals surface area (Å²) in [4.78, 5) is 44.8. The Morgan fingerprint density at radius 1 is 1.08 bits per heavy atom. The van der Waals surface area contributed by atoms with Gasteiger partial charge in [-0.1, -0.05) is 45.4 Å². The lowest BCUT2D eigenvalue weighted by atomic mass is 9.92. The summed E-state index contributed by atoms with van der Waals surface area (Å²) in [7, 11) is 1.31. The van der Waals surface area contributed by atoms with E-state index in [2.05, 4.69) is 70.8 Å². The molecule has 2 amide bonds. The Kier molecular flexibility index (Phi) is 8.25. The Hall–Kier alpha value is -4.90. The van der Waals surface area contributed by atoms with Crippen LogP contribution in [0.3, 0.4) is 0 Å². The molecule has 2 fully saturated rings. The van der Waals surface area contributed by atoms with Crippen molar-refractivity contribution in [3.63, 3.8) is 0 Å². The molecule has 50 heavy (non-hydrogen) atoms. The fraction of sp³-hybridized carbons (Fsp3) is 0.436. The molecule has 2 saturated heterocycles. The summed E-state index contributed by atoms with van der Waals surface area (Å²) in [6, 6.07) is 14.4. The Morgan fingerprint density at radius 3 is 2.72 bits per heavy atom. The summed E-state index contributed by atoms with van der Waals surface area (Å²) in [5, 5.41) is 8.45. The molecule has 0 saturated carbocycles. The largest absolute Gasteiger partial charge is 0.488 e. The number of nitrogens with zero attached hydrogens (tertiary/aromatic N) is 3. The van der Waals surface area contributed by atoms with Gasteiger partial charge >= 0.3 is 6.09 Å². The zero-order valence-corrected chi connectivity index (χ0v) is 29.3. The van der Waals surface area contributed by atoms with Gasteiger partial charge in [-0.05, 0) is 90.9 Å². The van der Waals surface area contributed by atoms with Crippen molar-refractivity contribution in [2.75, 3.05) is 13.7 Å². The van der Waals surface area contributed by atoms with Crippen LogP contribution < -0.4 is 15.4 Å². The molecule has 11 heteroatoms. The van der Waals surface area contributed by atoms with Crippen LogP contribution in [0.5, 0.6) is 5.75 Å². The molecule has 0 bridgehead atoms. The standard InChI is InChI=1S/C39H45N7O4/c1-6-22-13-30(40-17-22)36-41-18-31(43-36)24-8-10-26-25(14-24)19-50-33-16-27-23(15-28(26)33)9-11-29-35(27)44-37(42-29)32-12-7-21(4)46(32)38(47)34(20(2)3)45-39(48)49-5/h8-11,14-16,18,20-22,30,32,34,40H,6-7,12-13,17,19H2,1-5H3,(H,41,43)(H,42,44)(H,45,48)/t21-,22-,30-,32-,34-/m0/s1. The van der Waals surface area contributed by atoms with Crippen molar-refractivity contribution in [3.8, 4) is 28.1 Å². The number of methoxy groups -OCH3 is 1. The number of rotatable bonds is 7. The van der Waals surface area contributed by atoms with Crippen molar-refractivity contribution < 1.29 is 19.1 Å². The van der Waals surface area contributed by atoms with Crippen molar-refractivity contribution >= 4 is 33.8 Å². The van der Waals surface area contributed by atoms with Crippen molar-refractivity contribution in [1.82, 2.24) is 35.5 Å². The maximum absolute atomic E-state index is 13.9. The van der Waals surface area contributed by atoms with Gasteiger partial charge in [0, 0.05) is 17.0 Å². The van der Waals surface area contributed by atoms with Crippen molar-refractivity contribution in [2.24, 2.45) is 11.8 Å². The van der Waals surface area contributed by atoms with Gasteiger partial charge < -0.3 is 35.0 Å². The van der Waals surface area contributed by atoms with Crippen LogP contribution in [0.1, 0.15) is 82.7 Å². The molecule has 3 aliphatic rings. The molecular weight excluding hydrogens is 630 g/mol. The van der Waals surface area contributed by atoms with Gasteiger partial charge in [-0.15, -0.1) is 0 Å². The first kappa shape index (κ1) is 32.3. The SMILES string of the molecule is CC[C@@H]1CN[C@H](c2ncc(-c3ccc4c(c3)COc3cc5c(ccc6nc([C@@H]7CC[C@H](C)N7C(=O)[C@@H](NC(=O)OC)C(C)C)[nH]c65)cc3-4)[nH]2)C1. The maximum Gasteiger partial charge on any atom is 0.407 e. The van der Waals surface area contributed by atoms with Crippen LogP contribution in [0.2, 0.25) is 0 Å². The Bertz CT molecular complexity index is 2100. The summed E-state index contributed by atoms with van der Waals surface area (Å²) in [5.41, 5.74) is 7.24. The molecule has 3 aromatic carbocycles. The quantitative estimate of drug-likeness (QED) is 0.144. The molecule has 3 aliphatic heterocycles. The van der Waals surface area contributed by atoms with Gasteiger partial charge in [-0.3, -0.25) is 4.79 Å². The number of amides is 2. The second kappa shape index (κ2) is 12.8. The second-order valence-corrected chi connectivity index (χ2v) is 14.5. The first-order valence-corrected chi connectivity index (χ1v) is 17.9. The Labute approximate surface area is 291 Å². The highest BCUT2D eigenvalue weighted by molar-refractivity contribution is 6.07. The lowest BCUT2D eigenvalue weighted by Crippen LogP contribution is -2.52. The molecule has 260 valence electrons. The van der Waals surface area contributed by atoms with Crippen LogP contribution >= 0.6 is 0 Å². The molecule has 4 N–H and O–H groups in total. The van der Waals surface area contributed by atoms with E-state index in [4.69, 9.17) is 19.4 Å². The number of benzene rings is 3. The van der Waals surface area contributed by atoms with E-state index in [1.54, 1.807) is 0 Å². The van der Waals surface area contributed by atoms with Crippen LogP contribution in [0.15, 0.2) is 48.7 Å². The molecular formula is C39H45N7O4. The smallest absolute Gasteiger partial charge is 0.407 e. The minimum atomic E-state index is -0.696. The van der Waals surface area contributed by atoms with Crippen LogP contribution in [0.25, 0.3) is 44.2 Å². The highest BCUT2D eigenvalue weighted by Crippen LogP contribution is 2.43. The zero-order valence-electron chi connectivity index (χ0n) is 29.3. The van der Waals surface area contributed by atoms with Crippen LogP contribution in [-0.2, 0) is 16.1 Å². The summed E-state index contributed by atoms with van der Waals surface area (Å²) < 4.78 is 11.2. The van der Waals surface area contributed by atoms with E-state index in [9.17, 15) is 9.59 Å². The summed E-state index contributed by atoms with van der Waals surface area (Å²) >= 11 is 0. The molecule has 5 atom stereocenters. The van der Waals surface area contributed by atoms with Crippen LogP contribution in [-0.4, -0.2) is 62.6 Å². The van der Waals surface area contributed by atoms with Crippen molar-refractivity contribution in [2.45, 2.75) is 84.2 Å². The molecule has 11 nitrogen and oxygen atoms in total. The number of hydrogen-bond donors (Lipinski definition) is 4. The van der Waals surface area contributed by atoms with Crippen LogP contribution in [0, 0.1) is 11.8 Å². The zero-order chi connectivity index (χ0) is 34.7. The van der Waals surface area contributed by atoms with Gasteiger partial charge in [0.1, 0.15) is 30.0 Å². The van der Waals surface area contributed by atoms with Gasteiger partial charge in [-0.2, -0.15) is 0 Å². The van der Waals surface area contributed by atoms with Gasteiger partial charge in [-0.25, -0.2) is 14.8 Å².